The van der Waals surface area contributed by atoms with Gasteiger partial charge in [-0.3, -0.25) is 0 Å². The van der Waals surface area contributed by atoms with Crippen LogP contribution in [0.4, 0.5) is 0 Å². The Balaban J connectivity index is 2.79. The number of esters is 1. The molecule has 0 bridgehead atoms. The van der Waals surface area contributed by atoms with Gasteiger partial charge in [0.1, 0.15) is 10.5 Å². The molecule has 4 nitrogen and oxygen atoms in total. The van der Waals surface area contributed by atoms with E-state index in [1.807, 2.05) is 0 Å². The molecule has 0 aliphatic carbocycles. The molecule has 1 aromatic rings. The number of carboxylic acid groups (broad SMARTS) is 1. The minimum atomic E-state index is -1.29. The van der Waals surface area contributed by atoms with E-state index in [1.54, 1.807) is 20.8 Å². The minimum absolute atomic E-state index is 0.000796. The van der Waals surface area contributed by atoms with E-state index in [4.69, 9.17) is 4.74 Å². The van der Waals surface area contributed by atoms with Crippen LogP contribution in [-0.2, 0) is 4.74 Å². The van der Waals surface area contributed by atoms with Gasteiger partial charge in [0.05, 0.1) is 5.97 Å². The maximum Gasteiger partial charge on any atom is 0.348 e. The molecule has 0 amide bonds. The van der Waals surface area contributed by atoms with Gasteiger partial charge in [-0.1, -0.05) is 0 Å². The highest BCUT2D eigenvalue weighted by molar-refractivity contribution is 7.12. The zero-order valence-electron chi connectivity index (χ0n) is 8.70. The minimum Gasteiger partial charge on any atom is -0.545 e. The number of rotatable bonds is 2. The van der Waals surface area contributed by atoms with Crippen molar-refractivity contribution in [3.63, 3.8) is 0 Å². The maximum absolute atomic E-state index is 11.5. The third-order valence-corrected chi connectivity index (χ3v) is 2.35. The summed E-state index contributed by atoms with van der Waals surface area (Å²) in [5, 5.41) is 11.8. The van der Waals surface area contributed by atoms with Crippen LogP contribution in [0.3, 0.4) is 0 Å². The van der Waals surface area contributed by atoms with Gasteiger partial charge in [0.25, 0.3) is 0 Å². The van der Waals surface area contributed by atoms with E-state index < -0.39 is 17.5 Å². The van der Waals surface area contributed by atoms with Crippen molar-refractivity contribution >= 4 is 23.3 Å². The van der Waals surface area contributed by atoms with E-state index in [-0.39, 0.29) is 10.4 Å². The predicted molar refractivity (Wildman–Crippen MR) is 53.8 cm³/mol. The molecular weight excluding hydrogens is 216 g/mol. The van der Waals surface area contributed by atoms with Crippen molar-refractivity contribution in [1.82, 2.24) is 0 Å². The smallest absolute Gasteiger partial charge is 0.348 e. The number of aromatic carboxylic acids is 1. The molecule has 1 aromatic heterocycles. The summed E-state index contributed by atoms with van der Waals surface area (Å²) in [6.45, 7) is 5.24. The highest BCUT2D eigenvalue weighted by Gasteiger charge is 2.19. The fraction of sp³-hybridized carbons (Fsp3) is 0.400. The standard InChI is InChI=1S/C10H12O4S/c1-10(2,3)14-9(13)7-4-6(5-15-7)8(11)12/h4-5H,1-3H3,(H,11,12)/p-1. The Hall–Kier alpha value is -1.36. The van der Waals surface area contributed by atoms with Crippen molar-refractivity contribution < 1.29 is 19.4 Å². The average molecular weight is 227 g/mol. The average Bonchev–Trinajstić information content (AvgIpc) is 2.47. The Kier molecular flexibility index (Phi) is 3.14. The van der Waals surface area contributed by atoms with Crippen LogP contribution in [0.2, 0.25) is 0 Å². The van der Waals surface area contributed by atoms with E-state index in [0.29, 0.717) is 0 Å². The highest BCUT2D eigenvalue weighted by Crippen LogP contribution is 2.18. The molecule has 0 spiro atoms. The van der Waals surface area contributed by atoms with Crippen LogP contribution >= 0.6 is 11.3 Å². The van der Waals surface area contributed by atoms with Gasteiger partial charge >= 0.3 is 5.97 Å². The predicted octanol–water partition coefficient (Wildman–Crippen LogP) is 1.07. The van der Waals surface area contributed by atoms with Gasteiger partial charge in [-0.2, -0.15) is 0 Å². The molecule has 0 fully saturated rings. The first-order valence-corrected chi connectivity index (χ1v) is 5.21. The molecule has 0 radical (unpaired) electrons. The third kappa shape index (κ3) is 3.36. The van der Waals surface area contributed by atoms with Gasteiger partial charge in [-0.15, -0.1) is 11.3 Å². The summed E-state index contributed by atoms with van der Waals surface area (Å²) < 4.78 is 5.07. The summed E-state index contributed by atoms with van der Waals surface area (Å²) in [5.74, 6) is -1.80. The first-order chi connectivity index (χ1) is 6.79. The Morgan fingerprint density at radius 2 is 2.00 bits per heavy atom. The van der Waals surface area contributed by atoms with Crippen molar-refractivity contribution in [2.75, 3.05) is 0 Å². The van der Waals surface area contributed by atoms with E-state index >= 15 is 0 Å². The number of carbonyl (C=O) groups is 2. The van der Waals surface area contributed by atoms with Crippen molar-refractivity contribution in [3.8, 4) is 0 Å². The zero-order chi connectivity index (χ0) is 11.6. The molecule has 0 saturated heterocycles. The first-order valence-electron chi connectivity index (χ1n) is 4.33. The summed E-state index contributed by atoms with van der Waals surface area (Å²) >= 11 is 1.03. The lowest BCUT2D eigenvalue weighted by molar-refractivity contribution is -0.255. The molecule has 0 aromatic carbocycles. The molecule has 0 aliphatic rings. The summed E-state index contributed by atoms with van der Waals surface area (Å²) in [5.41, 5.74) is -0.580. The molecule has 15 heavy (non-hydrogen) atoms. The zero-order valence-corrected chi connectivity index (χ0v) is 9.51. The third-order valence-electron chi connectivity index (χ3n) is 1.44. The Morgan fingerprint density at radius 1 is 1.40 bits per heavy atom. The van der Waals surface area contributed by atoms with Crippen LogP contribution in [0.1, 0.15) is 40.8 Å². The lowest BCUT2D eigenvalue weighted by Gasteiger charge is -2.18. The van der Waals surface area contributed by atoms with Crippen LogP contribution in [0.5, 0.6) is 0 Å². The maximum atomic E-state index is 11.5. The molecule has 0 N–H and O–H groups in total. The van der Waals surface area contributed by atoms with Gasteiger partial charge in [-0.25, -0.2) is 4.79 Å². The largest absolute Gasteiger partial charge is 0.545 e. The van der Waals surface area contributed by atoms with Crippen molar-refractivity contribution in [2.45, 2.75) is 26.4 Å². The number of carboxylic acids is 1. The van der Waals surface area contributed by atoms with E-state index in [9.17, 15) is 14.7 Å². The fourth-order valence-corrected chi connectivity index (χ4v) is 1.63. The highest BCUT2D eigenvalue weighted by atomic mass is 32.1. The van der Waals surface area contributed by atoms with Crippen LogP contribution in [0.25, 0.3) is 0 Å². The number of hydrogen-bond acceptors (Lipinski definition) is 5. The van der Waals surface area contributed by atoms with Gasteiger partial charge in [0, 0.05) is 10.9 Å². The Morgan fingerprint density at radius 3 is 2.40 bits per heavy atom. The van der Waals surface area contributed by atoms with E-state index in [1.165, 1.54) is 11.4 Å². The number of ether oxygens (including phenoxy) is 1. The molecule has 1 heterocycles. The SMILES string of the molecule is CC(C)(C)OC(=O)c1cc(C(=O)[O-])cs1. The summed E-state index contributed by atoms with van der Waals surface area (Å²) in [4.78, 5) is 22.2. The normalized spacial score (nSPS) is 11.1. The summed E-state index contributed by atoms with van der Waals surface area (Å²) in [7, 11) is 0. The fourth-order valence-electron chi connectivity index (χ4n) is 0.879. The van der Waals surface area contributed by atoms with Crippen molar-refractivity contribution in [1.29, 1.82) is 0 Å². The molecular formula is C10H11O4S-. The Bertz CT molecular complexity index is 386. The summed E-state index contributed by atoms with van der Waals surface area (Å²) in [6, 6.07) is 1.26. The van der Waals surface area contributed by atoms with Gasteiger partial charge in [0.2, 0.25) is 0 Å². The van der Waals surface area contributed by atoms with Crippen molar-refractivity contribution in [2.24, 2.45) is 0 Å². The number of carbonyl (C=O) groups excluding carboxylic acids is 2. The molecule has 0 aliphatic heterocycles. The summed E-state index contributed by atoms with van der Waals surface area (Å²) in [6.07, 6.45) is 0. The van der Waals surface area contributed by atoms with Crippen LogP contribution in [0, 0.1) is 0 Å². The second-order valence-electron chi connectivity index (χ2n) is 3.99. The Labute approximate surface area is 91.5 Å². The molecule has 0 unspecified atom stereocenters. The lowest BCUT2D eigenvalue weighted by Crippen LogP contribution is -2.23. The monoisotopic (exact) mass is 227 g/mol. The van der Waals surface area contributed by atoms with E-state index in [0.717, 1.165) is 11.3 Å². The quantitative estimate of drug-likeness (QED) is 0.709. The second-order valence-corrected chi connectivity index (χ2v) is 4.90. The first kappa shape index (κ1) is 11.7. The number of thiophene rings is 1. The van der Waals surface area contributed by atoms with Crippen LogP contribution < -0.4 is 5.11 Å². The molecule has 5 heteroatoms. The molecule has 82 valence electrons. The van der Waals surface area contributed by atoms with Gasteiger partial charge in [0.15, 0.2) is 0 Å². The second kappa shape index (κ2) is 4.02. The van der Waals surface area contributed by atoms with Crippen LogP contribution in [0.15, 0.2) is 11.4 Å². The lowest BCUT2D eigenvalue weighted by atomic mass is 10.2. The molecule has 0 atom stereocenters. The van der Waals surface area contributed by atoms with Gasteiger partial charge < -0.3 is 14.6 Å². The van der Waals surface area contributed by atoms with Crippen molar-refractivity contribution in [3.05, 3.63) is 21.9 Å². The van der Waals surface area contributed by atoms with Crippen LogP contribution in [-0.4, -0.2) is 17.5 Å². The number of hydrogen-bond donors (Lipinski definition) is 0. The van der Waals surface area contributed by atoms with Gasteiger partial charge in [-0.05, 0) is 26.8 Å². The molecule has 0 saturated carbocycles. The topological polar surface area (TPSA) is 66.4 Å². The van der Waals surface area contributed by atoms with E-state index in [2.05, 4.69) is 0 Å². The molecule has 1 rings (SSSR count).